The van der Waals surface area contributed by atoms with Gasteiger partial charge >= 0.3 is 0 Å². The smallest absolute Gasteiger partial charge is 0.205 e. The summed E-state index contributed by atoms with van der Waals surface area (Å²) in [5.74, 6) is 0.645. The first-order valence-corrected chi connectivity index (χ1v) is 7.03. The molecule has 0 radical (unpaired) electrons. The van der Waals surface area contributed by atoms with Crippen LogP contribution in [0.4, 0.5) is 11.6 Å². The minimum absolute atomic E-state index is 0.578. The molecule has 2 aromatic carbocycles. The number of nitrogens with zero attached hydrogens (tertiary/aromatic N) is 1. The lowest BCUT2D eigenvalue weighted by molar-refractivity contribution is 1.31. The molecular formula is C13H8BrCl2N3. The Balaban J connectivity index is 1.96. The van der Waals surface area contributed by atoms with Gasteiger partial charge in [0.1, 0.15) is 0 Å². The molecule has 0 aliphatic carbocycles. The lowest BCUT2D eigenvalue weighted by Crippen LogP contribution is -1.91. The summed E-state index contributed by atoms with van der Waals surface area (Å²) in [4.78, 5) is 7.62. The number of nitrogens with one attached hydrogen (secondary N) is 2. The summed E-state index contributed by atoms with van der Waals surface area (Å²) in [6, 6.07) is 11.1. The van der Waals surface area contributed by atoms with Crippen LogP contribution in [0.25, 0.3) is 11.0 Å². The number of anilines is 2. The van der Waals surface area contributed by atoms with Crippen molar-refractivity contribution in [2.24, 2.45) is 0 Å². The number of aromatic amines is 1. The van der Waals surface area contributed by atoms with Gasteiger partial charge < -0.3 is 10.3 Å². The van der Waals surface area contributed by atoms with E-state index in [2.05, 4.69) is 31.2 Å². The van der Waals surface area contributed by atoms with Gasteiger partial charge in [-0.3, -0.25) is 0 Å². The third kappa shape index (κ3) is 2.86. The second-order valence-corrected chi connectivity index (χ2v) is 5.82. The molecule has 96 valence electrons. The van der Waals surface area contributed by atoms with E-state index in [1.807, 2.05) is 18.2 Å². The first-order valence-electron chi connectivity index (χ1n) is 5.48. The maximum Gasteiger partial charge on any atom is 0.205 e. The van der Waals surface area contributed by atoms with Crippen LogP contribution < -0.4 is 5.32 Å². The number of imidazole rings is 1. The Kier molecular flexibility index (Phi) is 3.39. The Hall–Kier alpha value is -1.23. The first kappa shape index (κ1) is 12.8. The van der Waals surface area contributed by atoms with Crippen molar-refractivity contribution >= 4 is 61.8 Å². The van der Waals surface area contributed by atoms with Crippen LogP contribution in [0, 0.1) is 0 Å². The minimum Gasteiger partial charge on any atom is -0.326 e. The van der Waals surface area contributed by atoms with Crippen LogP contribution in [-0.4, -0.2) is 9.97 Å². The maximum atomic E-state index is 5.95. The summed E-state index contributed by atoms with van der Waals surface area (Å²) in [5.41, 5.74) is 2.62. The molecule has 3 aromatic rings. The molecule has 0 unspecified atom stereocenters. The standard InChI is InChI=1S/C13H8BrCl2N3/c14-7-1-2-11-12(3-7)19-13(18-11)17-10-5-8(15)4-9(16)6-10/h1-6H,(H2,17,18,19). The van der Waals surface area contributed by atoms with E-state index in [1.165, 1.54) is 0 Å². The van der Waals surface area contributed by atoms with Gasteiger partial charge in [0.25, 0.3) is 0 Å². The molecule has 1 aromatic heterocycles. The molecule has 0 aliphatic rings. The Bertz CT molecular complexity index is 734. The fraction of sp³-hybridized carbons (Fsp3) is 0. The highest BCUT2D eigenvalue weighted by Crippen LogP contribution is 2.26. The van der Waals surface area contributed by atoms with E-state index < -0.39 is 0 Å². The summed E-state index contributed by atoms with van der Waals surface area (Å²) >= 11 is 15.3. The molecule has 0 bridgehead atoms. The molecule has 0 amide bonds. The van der Waals surface area contributed by atoms with Gasteiger partial charge in [-0.05, 0) is 36.4 Å². The molecule has 1 heterocycles. The van der Waals surface area contributed by atoms with Gasteiger partial charge in [-0.25, -0.2) is 4.98 Å². The third-order valence-electron chi connectivity index (χ3n) is 2.57. The van der Waals surface area contributed by atoms with E-state index in [-0.39, 0.29) is 0 Å². The zero-order valence-electron chi connectivity index (χ0n) is 9.55. The highest BCUT2D eigenvalue weighted by atomic mass is 79.9. The topological polar surface area (TPSA) is 40.7 Å². The highest BCUT2D eigenvalue weighted by molar-refractivity contribution is 9.10. The van der Waals surface area contributed by atoms with Crippen LogP contribution in [0.15, 0.2) is 40.9 Å². The zero-order chi connectivity index (χ0) is 13.4. The monoisotopic (exact) mass is 355 g/mol. The number of fused-ring (bicyclic) bond motifs is 1. The molecule has 3 nitrogen and oxygen atoms in total. The third-order valence-corrected chi connectivity index (χ3v) is 3.50. The number of rotatable bonds is 2. The van der Waals surface area contributed by atoms with Gasteiger partial charge in [0.2, 0.25) is 5.95 Å². The molecule has 19 heavy (non-hydrogen) atoms. The van der Waals surface area contributed by atoms with Crippen LogP contribution in [0.5, 0.6) is 0 Å². The van der Waals surface area contributed by atoms with Gasteiger partial charge in [-0.1, -0.05) is 39.1 Å². The predicted octanol–water partition coefficient (Wildman–Crippen LogP) is 5.38. The largest absolute Gasteiger partial charge is 0.326 e. The molecule has 3 rings (SSSR count). The fourth-order valence-corrected chi connectivity index (χ4v) is 2.69. The van der Waals surface area contributed by atoms with E-state index in [4.69, 9.17) is 23.2 Å². The van der Waals surface area contributed by atoms with Crippen molar-refractivity contribution in [3.05, 3.63) is 50.9 Å². The van der Waals surface area contributed by atoms with Gasteiger partial charge in [-0.2, -0.15) is 0 Å². The SMILES string of the molecule is Clc1cc(Cl)cc(Nc2nc3ccc(Br)cc3[nH]2)c1. The normalized spacial score (nSPS) is 10.9. The summed E-state index contributed by atoms with van der Waals surface area (Å²) in [6.07, 6.45) is 0. The molecule has 0 saturated heterocycles. The number of benzene rings is 2. The summed E-state index contributed by atoms with van der Waals surface area (Å²) in [7, 11) is 0. The van der Waals surface area contributed by atoms with Crippen LogP contribution in [0.2, 0.25) is 10.0 Å². The number of hydrogen-bond donors (Lipinski definition) is 2. The predicted molar refractivity (Wildman–Crippen MR) is 83.5 cm³/mol. The molecule has 0 fully saturated rings. The lowest BCUT2D eigenvalue weighted by Gasteiger charge is -2.03. The molecule has 6 heteroatoms. The second kappa shape index (κ2) is 5.04. The quantitative estimate of drug-likeness (QED) is 0.647. The van der Waals surface area contributed by atoms with Crippen LogP contribution in [0.3, 0.4) is 0 Å². The molecule has 2 N–H and O–H groups in total. The van der Waals surface area contributed by atoms with Crippen molar-refractivity contribution in [1.29, 1.82) is 0 Å². The summed E-state index contributed by atoms with van der Waals surface area (Å²) < 4.78 is 1.00. The van der Waals surface area contributed by atoms with Crippen molar-refractivity contribution in [1.82, 2.24) is 9.97 Å². The van der Waals surface area contributed by atoms with Gasteiger partial charge in [0.05, 0.1) is 11.0 Å². The molecule has 0 saturated carbocycles. The van der Waals surface area contributed by atoms with Crippen molar-refractivity contribution in [2.45, 2.75) is 0 Å². The van der Waals surface area contributed by atoms with E-state index in [0.717, 1.165) is 21.2 Å². The van der Waals surface area contributed by atoms with E-state index in [0.29, 0.717) is 16.0 Å². The van der Waals surface area contributed by atoms with Gasteiger partial charge in [-0.15, -0.1) is 0 Å². The van der Waals surface area contributed by atoms with Crippen molar-refractivity contribution in [3.63, 3.8) is 0 Å². The summed E-state index contributed by atoms with van der Waals surface area (Å²) in [5, 5.41) is 4.30. The summed E-state index contributed by atoms with van der Waals surface area (Å²) in [6.45, 7) is 0. The minimum atomic E-state index is 0.578. The molecule has 0 aliphatic heterocycles. The van der Waals surface area contributed by atoms with Crippen LogP contribution in [0.1, 0.15) is 0 Å². The number of hydrogen-bond acceptors (Lipinski definition) is 2. The lowest BCUT2D eigenvalue weighted by atomic mass is 10.3. The second-order valence-electron chi connectivity index (χ2n) is 4.03. The Morgan fingerprint density at radius 3 is 2.53 bits per heavy atom. The Morgan fingerprint density at radius 2 is 1.79 bits per heavy atom. The van der Waals surface area contributed by atoms with Crippen LogP contribution >= 0.6 is 39.1 Å². The van der Waals surface area contributed by atoms with Crippen LogP contribution in [-0.2, 0) is 0 Å². The molecular weight excluding hydrogens is 349 g/mol. The van der Waals surface area contributed by atoms with E-state index >= 15 is 0 Å². The van der Waals surface area contributed by atoms with Gasteiger partial charge in [0, 0.05) is 20.2 Å². The Morgan fingerprint density at radius 1 is 1.05 bits per heavy atom. The van der Waals surface area contributed by atoms with E-state index in [9.17, 15) is 0 Å². The number of aromatic nitrogens is 2. The fourth-order valence-electron chi connectivity index (χ4n) is 1.80. The van der Waals surface area contributed by atoms with Crippen molar-refractivity contribution in [2.75, 3.05) is 5.32 Å². The molecule has 0 spiro atoms. The average molecular weight is 357 g/mol. The molecule has 0 atom stereocenters. The Labute approximate surface area is 128 Å². The zero-order valence-corrected chi connectivity index (χ0v) is 12.6. The highest BCUT2D eigenvalue weighted by Gasteiger charge is 2.04. The maximum absolute atomic E-state index is 5.95. The first-order chi connectivity index (χ1) is 9.10. The van der Waals surface area contributed by atoms with Crippen molar-refractivity contribution < 1.29 is 0 Å². The van der Waals surface area contributed by atoms with E-state index in [1.54, 1.807) is 18.2 Å². The average Bonchev–Trinajstić information content (AvgIpc) is 2.68. The number of halogens is 3. The number of H-pyrrole nitrogens is 1. The van der Waals surface area contributed by atoms with Gasteiger partial charge in [0.15, 0.2) is 0 Å². The van der Waals surface area contributed by atoms with Crippen molar-refractivity contribution in [3.8, 4) is 0 Å².